The molecule has 2 atom stereocenters. The Hall–Kier alpha value is -0.170. The Labute approximate surface area is 92.1 Å². The summed E-state index contributed by atoms with van der Waals surface area (Å²) >= 11 is 0. The highest BCUT2D eigenvalue weighted by molar-refractivity contribution is 7.89. The van der Waals surface area contributed by atoms with Crippen LogP contribution in [0.3, 0.4) is 0 Å². The summed E-state index contributed by atoms with van der Waals surface area (Å²) < 4.78 is 25.8. The zero-order valence-electron chi connectivity index (χ0n) is 9.44. The van der Waals surface area contributed by atoms with Gasteiger partial charge in [0, 0.05) is 19.1 Å². The Kier molecular flexibility index (Phi) is 4.51. The van der Waals surface area contributed by atoms with Crippen LogP contribution in [0.2, 0.25) is 0 Å². The molecule has 1 rings (SSSR count). The molecular formula is C9H21N3O2S. The van der Waals surface area contributed by atoms with Crippen molar-refractivity contribution < 1.29 is 8.42 Å². The summed E-state index contributed by atoms with van der Waals surface area (Å²) in [6.45, 7) is 4.14. The highest BCUT2D eigenvalue weighted by atomic mass is 32.2. The van der Waals surface area contributed by atoms with Crippen molar-refractivity contribution in [3.8, 4) is 0 Å². The number of sulfonamides is 1. The SMILES string of the molecule is CC1CN(C)CCC1NS(=O)(=O)CCN. The lowest BCUT2D eigenvalue weighted by atomic mass is 9.95. The maximum Gasteiger partial charge on any atom is 0.213 e. The van der Waals surface area contributed by atoms with Crippen molar-refractivity contribution >= 4 is 10.0 Å². The number of hydrogen-bond donors (Lipinski definition) is 2. The second-order valence-electron chi connectivity index (χ2n) is 4.36. The van der Waals surface area contributed by atoms with E-state index in [0.29, 0.717) is 5.92 Å². The molecule has 1 saturated heterocycles. The van der Waals surface area contributed by atoms with E-state index >= 15 is 0 Å². The van der Waals surface area contributed by atoms with Crippen molar-refractivity contribution in [2.75, 3.05) is 32.4 Å². The summed E-state index contributed by atoms with van der Waals surface area (Å²) in [7, 11) is -1.12. The molecule has 1 aliphatic heterocycles. The van der Waals surface area contributed by atoms with E-state index in [2.05, 4.69) is 23.6 Å². The van der Waals surface area contributed by atoms with Crippen LogP contribution in [-0.2, 0) is 10.0 Å². The average Bonchev–Trinajstić information content (AvgIpc) is 2.09. The molecule has 0 spiro atoms. The van der Waals surface area contributed by atoms with Gasteiger partial charge in [-0.05, 0) is 25.9 Å². The molecule has 0 amide bonds. The first kappa shape index (κ1) is 12.9. The first-order chi connectivity index (χ1) is 6.94. The maximum absolute atomic E-state index is 11.5. The van der Waals surface area contributed by atoms with Gasteiger partial charge in [0.2, 0.25) is 10.0 Å². The normalized spacial score (nSPS) is 29.3. The second kappa shape index (κ2) is 5.25. The van der Waals surface area contributed by atoms with Crippen molar-refractivity contribution in [1.29, 1.82) is 0 Å². The summed E-state index contributed by atoms with van der Waals surface area (Å²) in [6, 6.07) is 0.0674. The third-order valence-corrected chi connectivity index (χ3v) is 4.26. The molecule has 90 valence electrons. The van der Waals surface area contributed by atoms with Crippen LogP contribution in [0.1, 0.15) is 13.3 Å². The van der Waals surface area contributed by atoms with Crippen LogP contribution >= 0.6 is 0 Å². The largest absolute Gasteiger partial charge is 0.329 e. The van der Waals surface area contributed by atoms with Gasteiger partial charge in [-0.15, -0.1) is 0 Å². The summed E-state index contributed by atoms with van der Waals surface area (Å²) in [5.41, 5.74) is 5.25. The van der Waals surface area contributed by atoms with Gasteiger partial charge in [-0.1, -0.05) is 6.92 Å². The highest BCUT2D eigenvalue weighted by Crippen LogP contribution is 2.16. The smallest absolute Gasteiger partial charge is 0.213 e. The zero-order chi connectivity index (χ0) is 11.5. The van der Waals surface area contributed by atoms with Gasteiger partial charge >= 0.3 is 0 Å². The van der Waals surface area contributed by atoms with Crippen LogP contribution in [-0.4, -0.2) is 51.8 Å². The molecule has 0 aliphatic carbocycles. The molecule has 15 heavy (non-hydrogen) atoms. The molecular weight excluding hydrogens is 214 g/mol. The van der Waals surface area contributed by atoms with Gasteiger partial charge in [-0.2, -0.15) is 0 Å². The second-order valence-corrected chi connectivity index (χ2v) is 6.23. The number of nitrogens with zero attached hydrogens (tertiary/aromatic N) is 1. The molecule has 0 aromatic rings. The topological polar surface area (TPSA) is 75.4 Å². The molecule has 6 heteroatoms. The molecule has 3 N–H and O–H groups in total. The molecule has 0 bridgehead atoms. The number of likely N-dealkylation sites (tertiary alicyclic amines) is 1. The van der Waals surface area contributed by atoms with Gasteiger partial charge in [-0.25, -0.2) is 13.1 Å². The molecule has 0 aromatic heterocycles. The standard InChI is InChI=1S/C9H21N3O2S/c1-8-7-12(2)5-3-9(8)11-15(13,14)6-4-10/h8-9,11H,3-7,10H2,1-2H3. The molecule has 1 aliphatic rings. The number of piperidine rings is 1. The summed E-state index contributed by atoms with van der Waals surface area (Å²) in [5.74, 6) is 0.378. The number of rotatable bonds is 4. The third kappa shape index (κ3) is 4.06. The number of hydrogen-bond acceptors (Lipinski definition) is 4. The van der Waals surface area contributed by atoms with Crippen molar-refractivity contribution in [2.45, 2.75) is 19.4 Å². The summed E-state index contributed by atoms with van der Waals surface area (Å²) in [6.07, 6.45) is 0.876. The van der Waals surface area contributed by atoms with Crippen molar-refractivity contribution in [2.24, 2.45) is 11.7 Å². The van der Waals surface area contributed by atoms with Crippen molar-refractivity contribution in [3.63, 3.8) is 0 Å². The minimum Gasteiger partial charge on any atom is -0.329 e. The van der Waals surface area contributed by atoms with Gasteiger partial charge in [0.1, 0.15) is 0 Å². The van der Waals surface area contributed by atoms with E-state index in [1.807, 2.05) is 0 Å². The Morgan fingerprint density at radius 1 is 1.53 bits per heavy atom. The van der Waals surface area contributed by atoms with Gasteiger partial charge in [0.25, 0.3) is 0 Å². The van der Waals surface area contributed by atoms with E-state index in [-0.39, 0.29) is 18.3 Å². The third-order valence-electron chi connectivity index (χ3n) is 2.83. The van der Waals surface area contributed by atoms with E-state index < -0.39 is 10.0 Å². The van der Waals surface area contributed by atoms with Crippen LogP contribution in [0.5, 0.6) is 0 Å². The Balaban J connectivity index is 2.51. The van der Waals surface area contributed by atoms with Crippen LogP contribution < -0.4 is 10.5 Å². The van der Waals surface area contributed by atoms with Crippen LogP contribution in [0, 0.1) is 5.92 Å². The van der Waals surface area contributed by atoms with Gasteiger partial charge in [0.15, 0.2) is 0 Å². The minimum absolute atomic E-state index is 0.0199. The summed E-state index contributed by atoms with van der Waals surface area (Å²) in [4.78, 5) is 2.22. The van der Waals surface area contributed by atoms with Gasteiger partial charge in [-0.3, -0.25) is 0 Å². The molecule has 0 aromatic carbocycles. The molecule has 0 radical (unpaired) electrons. The monoisotopic (exact) mass is 235 g/mol. The lowest BCUT2D eigenvalue weighted by molar-refractivity contribution is 0.188. The summed E-state index contributed by atoms with van der Waals surface area (Å²) in [5, 5.41) is 0. The van der Waals surface area contributed by atoms with Gasteiger partial charge in [0.05, 0.1) is 5.75 Å². The maximum atomic E-state index is 11.5. The Bertz CT molecular complexity index is 292. The fourth-order valence-electron chi connectivity index (χ4n) is 1.97. The van der Waals surface area contributed by atoms with Crippen molar-refractivity contribution in [1.82, 2.24) is 9.62 Å². The fraction of sp³-hybridized carbons (Fsp3) is 1.00. The van der Waals surface area contributed by atoms with E-state index in [1.54, 1.807) is 0 Å². The highest BCUT2D eigenvalue weighted by Gasteiger charge is 2.27. The predicted molar refractivity (Wildman–Crippen MR) is 61.0 cm³/mol. The number of nitrogens with one attached hydrogen (secondary N) is 1. The van der Waals surface area contributed by atoms with Crippen LogP contribution in [0.25, 0.3) is 0 Å². The van der Waals surface area contributed by atoms with E-state index in [4.69, 9.17) is 5.73 Å². The van der Waals surface area contributed by atoms with Crippen molar-refractivity contribution in [3.05, 3.63) is 0 Å². The molecule has 1 heterocycles. The zero-order valence-corrected chi connectivity index (χ0v) is 10.3. The number of nitrogens with two attached hydrogens (primary N) is 1. The lowest BCUT2D eigenvalue weighted by Crippen LogP contribution is -2.49. The predicted octanol–water partition coefficient (Wildman–Crippen LogP) is -0.795. The molecule has 5 nitrogen and oxygen atoms in total. The average molecular weight is 235 g/mol. The van der Waals surface area contributed by atoms with Gasteiger partial charge < -0.3 is 10.6 Å². The lowest BCUT2D eigenvalue weighted by Gasteiger charge is -2.34. The molecule has 2 unspecified atom stereocenters. The van der Waals surface area contributed by atoms with E-state index in [9.17, 15) is 8.42 Å². The Morgan fingerprint density at radius 2 is 2.20 bits per heavy atom. The van der Waals surface area contributed by atoms with Crippen LogP contribution in [0.4, 0.5) is 0 Å². The Morgan fingerprint density at radius 3 is 2.73 bits per heavy atom. The molecule has 0 saturated carbocycles. The fourth-order valence-corrected chi connectivity index (χ4v) is 3.21. The van der Waals surface area contributed by atoms with E-state index in [0.717, 1.165) is 19.5 Å². The first-order valence-electron chi connectivity index (χ1n) is 5.33. The molecule has 1 fully saturated rings. The quantitative estimate of drug-likeness (QED) is 0.669. The van der Waals surface area contributed by atoms with E-state index in [1.165, 1.54) is 0 Å². The first-order valence-corrected chi connectivity index (χ1v) is 6.98. The van der Waals surface area contributed by atoms with Crippen LogP contribution in [0.15, 0.2) is 0 Å². The minimum atomic E-state index is -3.18.